The van der Waals surface area contributed by atoms with Crippen LogP contribution in [0.1, 0.15) is 48.9 Å². The van der Waals surface area contributed by atoms with E-state index in [-0.39, 0.29) is 11.7 Å². The molecule has 27 heavy (non-hydrogen) atoms. The Morgan fingerprint density at radius 1 is 1.11 bits per heavy atom. The Labute approximate surface area is 164 Å². The van der Waals surface area contributed by atoms with E-state index in [1.807, 2.05) is 23.1 Å². The second kappa shape index (κ2) is 6.51. The fourth-order valence-corrected chi connectivity index (χ4v) is 7.20. The van der Waals surface area contributed by atoms with Gasteiger partial charge in [0.15, 0.2) is 5.17 Å². The number of hydrogen-bond donors (Lipinski definition) is 0. The minimum Gasteiger partial charge on any atom is -0.335 e. The van der Waals surface area contributed by atoms with Crippen LogP contribution in [0.2, 0.25) is 0 Å². The van der Waals surface area contributed by atoms with E-state index in [1.54, 1.807) is 0 Å². The maximum Gasteiger partial charge on any atom is 0.257 e. The molecule has 4 aliphatic rings. The molecule has 1 aliphatic carbocycles. The number of nitrogens with zero attached hydrogens (tertiary/aromatic N) is 3. The van der Waals surface area contributed by atoms with E-state index >= 15 is 0 Å². The zero-order valence-corrected chi connectivity index (χ0v) is 16.8. The molecule has 0 radical (unpaired) electrons. The molecule has 1 saturated heterocycles. The zero-order chi connectivity index (χ0) is 18.6. The number of amidine groups is 1. The number of benzene rings is 1. The molecule has 2 fully saturated rings. The van der Waals surface area contributed by atoms with Gasteiger partial charge in [-0.1, -0.05) is 12.8 Å². The second-order valence-corrected chi connectivity index (χ2v) is 10.6. The van der Waals surface area contributed by atoms with E-state index in [2.05, 4.69) is 9.30 Å². The minimum absolute atomic E-state index is 0.0357. The Bertz CT molecular complexity index is 926. The van der Waals surface area contributed by atoms with Gasteiger partial charge in [-0.05, 0) is 61.6 Å². The van der Waals surface area contributed by atoms with Crippen molar-refractivity contribution in [2.75, 3.05) is 23.7 Å². The highest BCUT2D eigenvalue weighted by molar-refractivity contribution is 8.15. The first-order valence-corrected chi connectivity index (χ1v) is 12.2. The van der Waals surface area contributed by atoms with Crippen LogP contribution in [-0.2, 0) is 10.0 Å². The number of likely N-dealkylation sites (tertiary alicyclic amines) is 1. The van der Waals surface area contributed by atoms with Crippen molar-refractivity contribution in [3.63, 3.8) is 0 Å². The molecule has 1 aromatic rings. The zero-order valence-electron chi connectivity index (χ0n) is 15.1. The van der Waals surface area contributed by atoms with Gasteiger partial charge in [-0.2, -0.15) is 0 Å². The quantitative estimate of drug-likeness (QED) is 0.718. The Kier molecular flexibility index (Phi) is 4.23. The van der Waals surface area contributed by atoms with Crippen molar-refractivity contribution in [1.82, 2.24) is 4.90 Å². The molecular weight excluding hydrogens is 382 g/mol. The summed E-state index contributed by atoms with van der Waals surface area (Å²) in [5, 5.41) is 0.506. The van der Waals surface area contributed by atoms with Gasteiger partial charge in [-0.25, -0.2) is 8.42 Å². The molecule has 3 aliphatic heterocycles. The van der Waals surface area contributed by atoms with E-state index in [0.29, 0.717) is 29.2 Å². The lowest BCUT2D eigenvalue weighted by Gasteiger charge is -2.44. The van der Waals surface area contributed by atoms with Gasteiger partial charge in [-0.3, -0.25) is 4.79 Å². The Morgan fingerprint density at radius 3 is 2.81 bits per heavy atom. The predicted molar refractivity (Wildman–Crippen MR) is 107 cm³/mol. The number of piperidine rings is 1. The van der Waals surface area contributed by atoms with Crippen LogP contribution in [0.4, 0.5) is 5.69 Å². The third kappa shape index (κ3) is 3.06. The van der Waals surface area contributed by atoms with Crippen molar-refractivity contribution in [2.45, 2.75) is 49.5 Å². The van der Waals surface area contributed by atoms with E-state index < -0.39 is 10.0 Å². The summed E-state index contributed by atoms with van der Waals surface area (Å²) in [5.41, 5.74) is 1.66. The highest BCUT2D eigenvalue weighted by atomic mass is 32.2. The molecule has 1 amide bonds. The normalized spacial score (nSPS) is 28.8. The number of sulfonamides is 1. The van der Waals surface area contributed by atoms with Crippen LogP contribution in [0.25, 0.3) is 0 Å². The lowest BCUT2D eigenvalue weighted by molar-refractivity contribution is 0.0390. The van der Waals surface area contributed by atoms with Gasteiger partial charge >= 0.3 is 0 Å². The molecule has 8 heteroatoms. The molecule has 3 heterocycles. The summed E-state index contributed by atoms with van der Waals surface area (Å²) in [6, 6.07) is 6.14. The molecule has 0 bridgehead atoms. The van der Waals surface area contributed by atoms with Crippen molar-refractivity contribution >= 4 is 38.5 Å². The summed E-state index contributed by atoms with van der Waals surface area (Å²) in [7, 11) is -3.36. The molecule has 1 aromatic carbocycles. The summed E-state index contributed by atoms with van der Waals surface area (Å²) in [4.78, 5) is 18.2. The molecule has 1 saturated carbocycles. The molecule has 2 atom stereocenters. The molecule has 0 spiro atoms. The van der Waals surface area contributed by atoms with Crippen LogP contribution in [0.3, 0.4) is 0 Å². The summed E-state index contributed by atoms with van der Waals surface area (Å²) < 4.78 is 27.4. The first kappa shape index (κ1) is 17.6. The summed E-state index contributed by atoms with van der Waals surface area (Å²) in [5.74, 6) is 0.817. The highest BCUT2D eigenvalue weighted by Gasteiger charge is 2.37. The smallest absolute Gasteiger partial charge is 0.257 e. The number of rotatable bonds is 1. The van der Waals surface area contributed by atoms with E-state index in [1.165, 1.54) is 37.4 Å². The standard InChI is InChI=1S/C19H23N3O3S2/c23-18(21-9-3-5-13-4-1-2-6-15(13)21)14-7-8-16-17(12-14)26-19-20-27(24,25)11-10-22(16)19/h7-8,12-13,15H,1-6,9-11H2/t13-,15+/m1/s1. The summed E-state index contributed by atoms with van der Waals surface area (Å²) >= 11 is 1.35. The number of carbonyl (C=O) groups excluding carboxylic acids is 1. The molecule has 0 N–H and O–H groups in total. The number of anilines is 1. The molecule has 5 rings (SSSR count). The van der Waals surface area contributed by atoms with Gasteiger partial charge < -0.3 is 9.80 Å². The fourth-order valence-electron chi connectivity index (χ4n) is 4.91. The number of hydrogen-bond acceptors (Lipinski definition) is 5. The predicted octanol–water partition coefficient (Wildman–Crippen LogP) is 3.09. The number of carbonyl (C=O) groups is 1. The topological polar surface area (TPSA) is 70.0 Å². The first-order chi connectivity index (χ1) is 13.0. The maximum absolute atomic E-state index is 13.2. The largest absolute Gasteiger partial charge is 0.335 e. The monoisotopic (exact) mass is 405 g/mol. The lowest BCUT2D eigenvalue weighted by Crippen LogP contribution is -2.49. The SMILES string of the molecule is O=C(c1ccc2c(c1)SC1=NS(=O)(=O)CCN12)N1CCC[C@H]2CCCC[C@@H]21. The average Bonchev–Trinajstić information content (AvgIpc) is 3.02. The Morgan fingerprint density at radius 2 is 1.93 bits per heavy atom. The summed E-state index contributed by atoms with van der Waals surface area (Å²) in [6.45, 7) is 1.27. The van der Waals surface area contributed by atoms with Crippen molar-refractivity contribution in [3.8, 4) is 0 Å². The van der Waals surface area contributed by atoms with E-state index in [9.17, 15) is 13.2 Å². The molecule has 144 valence electrons. The van der Waals surface area contributed by atoms with E-state index in [0.717, 1.165) is 30.0 Å². The van der Waals surface area contributed by atoms with Gasteiger partial charge in [0, 0.05) is 29.6 Å². The van der Waals surface area contributed by atoms with Crippen molar-refractivity contribution in [1.29, 1.82) is 0 Å². The van der Waals surface area contributed by atoms with Crippen molar-refractivity contribution in [3.05, 3.63) is 23.8 Å². The number of thioether (sulfide) groups is 1. The van der Waals surface area contributed by atoms with E-state index in [4.69, 9.17) is 0 Å². The van der Waals surface area contributed by atoms with Crippen molar-refractivity contribution in [2.24, 2.45) is 10.3 Å². The summed E-state index contributed by atoms with van der Waals surface area (Å²) in [6.07, 6.45) is 7.22. The number of fused-ring (bicyclic) bond motifs is 4. The van der Waals surface area contributed by atoms with Gasteiger partial charge in [0.25, 0.3) is 15.9 Å². The van der Waals surface area contributed by atoms with Crippen LogP contribution in [-0.4, -0.2) is 49.3 Å². The van der Waals surface area contributed by atoms with Crippen LogP contribution in [0.15, 0.2) is 27.5 Å². The first-order valence-electron chi connectivity index (χ1n) is 9.75. The Hall–Kier alpha value is -1.54. The third-order valence-electron chi connectivity index (χ3n) is 6.22. The van der Waals surface area contributed by atoms with Gasteiger partial charge in [0.05, 0.1) is 11.4 Å². The Balaban J connectivity index is 1.42. The second-order valence-electron chi connectivity index (χ2n) is 7.85. The maximum atomic E-state index is 13.2. The van der Waals surface area contributed by atoms with Crippen molar-refractivity contribution < 1.29 is 13.2 Å². The fraction of sp³-hybridized carbons (Fsp3) is 0.579. The third-order valence-corrected chi connectivity index (χ3v) is 8.53. The number of amides is 1. The minimum atomic E-state index is -3.36. The average molecular weight is 406 g/mol. The molecule has 0 unspecified atom stereocenters. The van der Waals surface area contributed by atoms with Crippen LogP contribution in [0.5, 0.6) is 0 Å². The highest BCUT2D eigenvalue weighted by Crippen LogP contribution is 2.43. The lowest BCUT2D eigenvalue weighted by atomic mass is 9.78. The van der Waals surface area contributed by atoms with Crippen LogP contribution in [0, 0.1) is 5.92 Å². The molecule has 6 nitrogen and oxygen atoms in total. The molecule has 0 aromatic heterocycles. The van der Waals surface area contributed by atoms with Crippen LogP contribution >= 0.6 is 11.8 Å². The van der Waals surface area contributed by atoms with Gasteiger partial charge in [-0.15, -0.1) is 4.40 Å². The van der Waals surface area contributed by atoms with Gasteiger partial charge in [0.2, 0.25) is 0 Å². The van der Waals surface area contributed by atoms with Crippen LogP contribution < -0.4 is 4.90 Å². The van der Waals surface area contributed by atoms with Gasteiger partial charge in [0.1, 0.15) is 0 Å². The molecular formula is C19H23N3O3S2.